The second-order valence-corrected chi connectivity index (χ2v) is 4.83. The van der Waals surface area contributed by atoms with Gasteiger partial charge in [0.1, 0.15) is 5.75 Å². The van der Waals surface area contributed by atoms with Gasteiger partial charge in [-0.2, -0.15) is 0 Å². The number of nitrogens with one attached hydrogen (secondary N) is 1. The minimum Gasteiger partial charge on any atom is -0.508 e. The van der Waals surface area contributed by atoms with Crippen molar-refractivity contribution in [2.75, 3.05) is 26.2 Å². The maximum Gasteiger partial charge on any atom is 0.274 e. The van der Waals surface area contributed by atoms with Crippen molar-refractivity contribution in [3.05, 3.63) is 46.5 Å². The highest BCUT2D eigenvalue weighted by molar-refractivity contribution is 5.47. The molecule has 0 aromatic heterocycles. The monoisotopic (exact) mass is 277 g/mol. The van der Waals surface area contributed by atoms with Crippen molar-refractivity contribution in [2.45, 2.75) is 12.5 Å². The number of nitro groups is 1. The smallest absolute Gasteiger partial charge is 0.274 e. The fourth-order valence-electron chi connectivity index (χ4n) is 2.60. The summed E-state index contributed by atoms with van der Waals surface area (Å²) in [6.45, 7) is 7.12. The third kappa shape index (κ3) is 3.15. The lowest BCUT2D eigenvalue weighted by Gasteiger charge is -2.34. The molecule has 1 aliphatic rings. The Morgan fingerprint density at radius 2 is 2.20 bits per heavy atom. The predicted octanol–water partition coefficient (Wildman–Crippen LogP) is 1.82. The SMILES string of the molecule is C=CC[C@@H](c1cc(O)ccc1[N+](=O)[O-])N1CCNCC1. The Kier molecular flexibility index (Phi) is 4.70. The molecule has 2 rings (SSSR count). The van der Waals surface area contributed by atoms with Gasteiger partial charge in [-0.1, -0.05) is 6.08 Å². The lowest BCUT2D eigenvalue weighted by Crippen LogP contribution is -2.45. The molecule has 108 valence electrons. The molecule has 1 fully saturated rings. The lowest BCUT2D eigenvalue weighted by atomic mass is 9.99. The summed E-state index contributed by atoms with van der Waals surface area (Å²) in [5.74, 6) is 0.0507. The first-order valence-corrected chi connectivity index (χ1v) is 6.66. The van der Waals surface area contributed by atoms with E-state index in [-0.39, 0.29) is 17.5 Å². The van der Waals surface area contributed by atoms with Crippen LogP contribution in [0.3, 0.4) is 0 Å². The molecule has 0 amide bonds. The van der Waals surface area contributed by atoms with Gasteiger partial charge in [0.15, 0.2) is 0 Å². The first-order valence-electron chi connectivity index (χ1n) is 6.66. The number of nitrogens with zero attached hydrogens (tertiary/aromatic N) is 2. The van der Waals surface area contributed by atoms with Crippen molar-refractivity contribution < 1.29 is 10.0 Å². The van der Waals surface area contributed by atoms with E-state index in [9.17, 15) is 15.2 Å². The number of rotatable bonds is 5. The molecule has 1 aromatic carbocycles. The minimum absolute atomic E-state index is 0.0492. The molecule has 1 aliphatic heterocycles. The van der Waals surface area contributed by atoms with Crippen LogP contribution in [-0.4, -0.2) is 41.1 Å². The summed E-state index contributed by atoms with van der Waals surface area (Å²) in [4.78, 5) is 13.0. The van der Waals surface area contributed by atoms with E-state index in [1.807, 2.05) is 0 Å². The van der Waals surface area contributed by atoms with E-state index in [0.717, 1.165) is 26.2 Å². The minimum atomic E-state index is -0.396. The van der Waals surface area contributed by atoms with Crippen molar-refractivity contribution in [2.24, 2.45) is 0 Å². The van der Waals surface area contributed by atoms with E-state index in [4.69, 9.17) is 0 Å². The van der Waals surface area contributed by atoms with E-state index < -0.39 is 4.92 Å². The molecule has 0 unspecified atom stereocenters. The van der Waals surface area contributed by atoms with E-state index in [1.165, 1.54) is 18.2 Å². The molecule has 1 saturated heterocycles. The summed E-state index contributed by atoms with van der Waals surface area (Å²) in [6, 6.07) is 4.09. The first kappa shape index (κ1) is 14.5. The van der Waals surface area contributed by atoms with Gasteiger partial charge in [0.25, 0.3) is 5.69 Å². The number of nitro benzene ring substituents is 1. The van der Waals surface area contributed by atoms with Crippen LogP contribution in [0.25, 0.3) is 0 Å². The topological polar surface area (TPSA) is 78.6 Å². The predicted molar refractivity (Wildman–Crippen MR) is 76.8 cm³/mol. The summed E-state index contributed by atoms with van der Waals surface area (Å²) in [6.07, 6.45) is 2.38. The van der Waals surface area contributed by atoms with Gasteiger partial charge in [-0.25, -0.2) is 0 Å². The van der Waals surface area contributed by atoms with Gasteiger partial charge >= 0.3 is 0 Å². The molecule has 0 bridgehead atoms. The summed E-state index contributed by atoms with van der Waals surface area (Å²) in [5.41, 5.74) is 0.602. The van der Waals surface area contributed by atoms with E-state index in [1.54, 1.807) is 6.08 Å². The molecule has 0 spiro atoms. The Bertz CT molecular complexity index is 498. The molecule has 2 N–H and O–H groups in total. The molecular weight excluding hydrogens is 258 g/mol. The second-order valence-electron chi connectivity index (χ2n) is 4.83. The maximum absolute atomic E-state index is 11.2. The van der Waals surface area contributed by atoms with Crippen molar-refractivity contribution in [1.29, 1.82) is 0 Å². The molecule has 1 aromatic rings. The van der Waals surface area contributed by atoms with Crippen molar-refractivity contribution >= 4 is 5.69 Å². The molecule has 1 atom stereocenters. The Morgan fingerprint density at radius 1 is 1.50 bits per heavy atom. The van der Waals surface area contributed by atoms with Crippen LogP contribution < -0.4 is 5.32 Å². The maximum atomic E-state index is 11.2. The van der Waals surface area contributed by atoms with E-state index in [2.05, 4.69) is 16.8 Å². The second kappa shape index (κ2) is 6.49. The number of hydrogen-bond donors (Lipinski definition) is 2. The zero-order valence-corrected chi connectivity index (χ0v) is 11.3. The van der Waals surface area contributed by atoms with Gasteiger partial charge in [-0.3, -0.25) is 15.0 Å². The van der Waals surface area contributed by atoms with E-state index >= 15 is 0 Å². The summed E-state index contributed by atoms with van der Waals surface area (Å²) < 4.78 is 0. The normalized spacial score (nSPS) is 17.6. The zero-order chi connectivity index (χ0) is 14.5. The molecule has 0 radical (unpaired) electrons. The van der Waals surface area contributed by atoms with Crippen LogP contribution in [-0.2, 0) is 0 Å². The van der Waals surface area contributed by atoms with Gasteiger partial charge in [-0.15, -0.1) is 6.58 Å². The highest BCUT2D eigenvalue weighted by atomic mass is 16.6. The van der Waals surface area contributed by atoms with Gasteiger partial charge < -0.3 is 10.4 Å². The van der Waals surface area contributed by atoms with Gasteiger partial charge in [0, 0.05) is 38.3 Å². The van der Waals surface area contributed by atoms with Crippen LogP contribution in [0.5, 0.6) is 5.75 Å². The highest BCUT2D eigenvalue weighted by Gasteiger charge is 2.27. The summed E-state index contributed by atoms with van der Waals surface area (Å²) in [5, 5.41) is 24.1. The quantitative estimate of drug-likeness (QED) is 0.487. The Labute approximate surface area is 117 Å². The van der Waals surface area contributed by atoms with Gasteiger partial charge in [0.05, 0.1) is 10.5 Å². The van der Waals surface area contributed by atoms with Crippen LogP contribution in [0.1, 0.15) is 18.0 Å². The standard InChI is InChI=1S/C14H19N3O3/c1-2-3-13(16-8-6-15-7-9-16)12-10-11(18)4-5-14(12)17(19)20/h2,4-5,10,13,15,18H,1,3,6-9H2/t13-/m0/s1. The van der Waals surface area contributed by atoms with Crippen LogP contribution in [0.15, 0.2) is 30.9 Å². The third-order valence-electron chi connectivity index (χ3n) is 3.55. The average molecular weight is 277 g/mol. The molecular formula is C14H19N3O3. The number of hydrogen-bond acceptors (Lipinski definition) is 5. The number of phenolic OH excluding ortho intramolecular Hbond substituents is 1. The van der Waals surface area contributed by atoms with Crippen molar-refractivity contribution in [1.82, 2.24) is 10.2 Å². The third-order valence-corrected chi connectivity index (χ3v) is 3.55. The summed E-state index contributed by atoms with van der Waals surface area (Å²) >= 11 is 0. The summed E-state index contributed by atoms with van der Waals surface area (Å²) in [7, 11) is 0. The molecule has 0 aliphatic carbocycles. The number of aromatic hydroxyl groups is 1. The van der Waals surface area contributed by atoms with Crippen LogP contribution >= 0.6 is 0 Å². The largest absolute Gasteiger partial charge is 0.508 e. The molecule has 6 nitrogen and oxygen atoms in total. The van der Waals surface area contributed by atoms with Crippen LogP contribution in [0.2, 0.25) is 0 Å². The molecule has 20 heavy (non-hydrogen) atoms. The Hall–Kier alpha value is -1.92. The number of benzene rings is 1. The van der Waals surface area contributed by atoms with Gasteiger partial charge in [0.2, 0.25) is 0 Å². The number of phenols is 1. The first-order chi connectivity index (χ1) is 9.63. The highest BCUT2D eigenvalue weighted by Crippen LogP contribution is 2.34. The fourth-order valence-corrected chi connectivity index (χ4v) is 2.60. The Morgan fingerprint density at radius 3 is 2.80 bits per heavy atom. The van der Waals surface area contributed by atoms with Crippen molar-refractivity contribution in [3.8, 4) is 5.75 Å². The molecule has 6 heteroatoms. The Balaban J connectivity index is 2.39. The fraction of sp³-hybridized carbons (Fsp3) is 0.429. The van der Waals surface area contributed by atoms with E-state index in [0.29, 0.717) is 12.0 Å². The van der Waals surface area contributed by atoms with Gasteiger partial charge in [-0.05, 0) is 18.6 Å². The molecule has 0 saturated carbocycles. The lowest BCUT2D eigenvalue weighted by molar-refractivity contribution is -0.386. The number of piperazine rings is 1. The van der Waals surface area contributed by atoms with Crippen LogP contribution in [0.4, 0.5) is 5.69 Å². The average Bonchev–Trinajstić information content (AvgIpc) is 2.45. The van der Waals surface area contributed by atoms with Crippen LogP contribution in [0, 0.1) is 10.1 Å². The van der Waals surface area contributed by atoms with Crippen molar-refractivity contribution in [3.63, 3.8) is 0 Å². The molecule has 1 heterocycles. The zero-order valence-electron chi connectivity index (χ0n) is 11.3.